The van der Waals surface area contributed by atoms with Gasteiger partial charge in [-0.1, -0.05) is 30.3 Å². The van der Waals surface area contributed by atoms with E-state index in [4.69, 9.17) is 19.5 Å². The minimum absolute atomic E-state index is 0.0966. The molecule has 0 unspecified atom stereocenters. The van der Waals surface area contributed by atoms with Crippen molar-refractivity contribution in [3.05, 3.63) is 71.0 Å². The third kappa shape index (κ3) is 4.17. The van der Waals surface area contributed by atoms with E-state index in [1.165, 1.54) is 18.2 Å². The van der Waals surface area contributed by atoms with Gasteiger partial charge in [0.25, 0.3) is 0 Å². The molecule has 162 valence electrons. The summed E-state index contributed by atoms with van der Waals surface area (Å²) < 4.78 is 60.7. The molecule has 8 heteroatoms. The average Bonchev–Trinajstić information content (AvgIpc) is 2.80. The van der Waals surface area contributed by atoms with Crippen LogP contribution in [0.3, 0.4) is 0 Å². The zero-order valence-electron chi connectivity index (χ0n) is 17.2. The second-order valence-electron chi connectivity index (χ2n) is 6.38. The van der Waals surface area contributed by atoms with Gasteiger partial charge in [-0.05, 0) is 25.5 Å². The predicted octanol–water partition coefficient (Wildman–Crippen LogP) is 6.10. The molecule has 0 aromatic heterocycles. The van der Waals surface area contributed by atoms with E-state index in [1.54, 1.807) is 50.2 Å². The largest absolute Gasteiger partial charge is 0.494 e. The Balaban J connectivity index is 2.30. The van der Waals surface area contributed by atoms with Crippen LogP contribution < -0.4 is 14.2 Å². The van der Waals surface area contributed by atoms with Gasteiger partial charge < -0.3 is 14.2 Å². The van der Waals surface area contributed by atoms with E-state index >= 15 is 0 Å². The molecule has 3 aromatic carbocycles. The van der Waals surface area contributed by atoms with Crippen LogP contribution >= 0.6 is 0 Å². The lowest BCUT2D eigenvalue weighted by Gasteiger charge is -2.19. The fraction of sp³-hybridized carbons (Fsp3) is 0.167. The molecule has 0 aliphatic carbocycles. The van der Waals surface area contributed by atoms with Gasteiger partial charge >= 0.3 is 0 Å². The second kappa shape index (κ2) is 9.76. The SMILES string of the molecule is CCOc1cc(OCC)c(Oc2c(F)c(F)c(C#N)c(C#N)c2F)c(-c2ccccc2)c1. The minimum atomic E-state index is -1.73. The Morgan fingerprint density at radius 3 is 2.00 bits per heavy atom. The van der Waals surface area contributed by atoms with E-state index in [2.05, 4.69) is 0 Å². The number of hydrogen-bond donors (Lipinski definition) is 0. The van der Waals surface area contributed by atoms with Crippen LogP contribution in [0.1, 0.15) is 25.0 Å². The van der Waals surface area contributed by atoms with Crippen molar-refractivity contribution in [3.63, 3.8) is 0 Å². The van der Waals surface area contributed by atoms with Crippen molar-refractivity contribution in [2.24, 2.45) is 0 Å². The molecule has 0 amide bonds. The summed E-state index contributed by atoms with van der Waals surface area (Å²) in [6, 6.07) is 14.5. The lowest BCUT2D eigenvalue weighted by molar-refractivity contribution is 0.304. The number of hydrogen-bond acceptors (Lipinski definition) is 5. The number of nitriles is 2. The highest BCUT2D eigenvalue weighted by atomic mass is 19.2. The molecule has 0 saturated heterocycles. The minimum Gasteiger partial charge on any atom is -0.494 e. The first kappa shape index (κ1) is 22.5. The number of rotatable bonds is 7. The summed E-state index contributed by atoms with van der Waals surface area (Å²) in [5.74, 6) is -5.63. The zero-order valence-corrected chi connectivity index (χ0v) is 17.2. The Labute approximate surface area is 182 Å². The lowest BCUT2D eigenvalue weighted by Crippen LogP contribution is -2.06. The molecular formula is C24H17F3N2O3. The Bertz CT molecular complexity index is 1230. The first-order valence-electron chi connectivity index (χ1n) is 9.64. The maximum atomic E-state index is 14.9. The Morgan fingerprint density at radius 2 is 1.41 bits per heavy atom. The molecule has 0 aliphatic heterocycles. The van der Waals surface area contributed by atoms with Crippen LogP contribution in [0, 0.1) is 40.1 Å². The fourth-order valence-corrected chi connectivity index (χ4v) is 3.07. The Morgan fingerprint density at radius 1 is 0.781 bits per heavy atom. The Kier molecular flexibility index (Phi) is 6.87. The molecule has 32 heavy (non-hydrogen) atoms. The van der Waals surface area contributed by atoms with Gasteiger partial charge in [0.2, 0.25) is 11.6 Å². The third-order valence-corrected chi connectivity index (χ3v) is 4.43. The van der Waals surface area contributed by atoms with Crippen molar-refractivity contribution in [2.45, 2.75) is 13.8 Å². The summed E-state index contributed by atoms with van der Waals surface area (Å²) in [6.07, 6.45) is 0. The number of nitrogens with zero attached hydrogens (tertiary/aromatic N) is 2. The zero-order chi connectivity index (χ0) is 23.3. The van der Waals surface area contributed by atoms with Gasteiger partial charge in [0.15, 0.2) is 23.1 Å². The third-order valence-electron chi connectivity index (χ3n) is 4.43. The summed E-state index contributed by atoms with van der Waals surface area (Å²) in [5.41, 5.74) is -1.01. The maximum Gasteiger partial charge on any atom is 0.205 e. The molecule has 0 radical (unpaired) electrons. The Hall–Kier alpha value is -4.17. The molecule has 0 spiro atoms. The number of ether oxygens (including phenoxy) is 3. The van der Waals surface area contributed by atoms with E-state index in [0.29, 0.717) is 23.5 Å². The highest BCUT2D eigenvalue weighted by Gasteiger charge is 2.29. The van der Waals surface area contributed by atoms with Crippen LogP contribution in [0.2, 0.25) is 0 Å². The molecule has 3 rings (SSSR count). The first-order chi connectivity index (χ1) is 15.5. The van der Waals surface area contributed by atoms with Crippen LogP contribution in [-0.2, 0) is 0 Å². The van der Waals surface area contributed by atoms with Crippen LogP contribution in [0.15, 0.2) is 42.5 Å². The summed E-state index contributed by atoms with van der Waals surface area (Å²) in [7, 11) is 0. The van der Waals surface area contributed by atoms with Crippen molar-refractivity contribution in [3.8, 4) is 46.3 Å². The van der Waals surface area contributed by atoms with Gasteiger partial charge in [-0.15, -0.1) is 0 Å². The normalized spacial score (nSPS) is 10.2. The van der Waals surface area contributed by atoms with Gasteiger partial charge in [0.1, 0.15) is 29.0 Å². The topological polar surface area (TPSA) is 75.3 Å². The van der Waals surface area contributed by atoms with Crippen LogP contribution in [0.25, 0.3) is 11.1 Å². The van der Waals surface area contributed by atoms with Crippen LogP contribution in [0.4, 0.5) is 13.2 Å². The number of benzene rings is 3. The van der Waals surface area contributed by atoms with Gasteiger partial charge in [0, 0.05) is 11.6 Å². The molecule has 0 atom stereocenters. The maximum absolute atomic E-state index is 14.9. The van der Waals surface area contributed by atoms with E-state index in [0.717, 1.165) is 0 Å². The lowest BCUT2D eigenvalue weighted by atomic mass is 10.0. The van der Waals surface area contributed by atoms with Gasteiger partial charge in [-0.2, -0.15) is 14.9 Å². The average molecular weight is 438 g/mol. The van der Waals surface area contributed by atoms with E-state index < -0.39 is 34.3 Å². The molecule has 0 fully saturated rings. The molecule has 0 heterocycles. The summed E-state index contributed by atoms with van der Waals surface area (Å²) in [4.78, 5) is 0. The predicted molar refractivity (Wildman–Crippen MR) is 110 cm³/mol. The van der Waals surface area contributed by atoms with E-state index in [9.17, 15) is 18.4 Å². The molecule has 0 N–H and O–H groups in total. The van der Waals surface area contributed by atoms with Crippen molar-refractivity contribution in [2.75, 3.05) is 13.2 Å². The van der Waals surface area contributed by atoms with Crippen molar-refractivity contribution in [1.29, 1.82) is 10.5 Å². The number of halogens is 3. The quantitative estimate of drug-likeness (QED) is 0.417. The van der Waals surface area contributed by atoms with Crippen molar-refractivity contribution in [1.82, 2.24) is 0 Å². The fourth-order valence-electron chi connectivity index (χ4n) is 3.07. The highest BCUT2D eigenvalue weighted by molar-refractivity contribution is 5.76. The van der Waals surface area contributed by atoms with Crippen molar-refractivity contribution < 1.29 is 27.4 Å². The summed E-state index contributed by atoms with van der Waals surface area (Å²) >= 11 is 0. The summed E-state index contributed by atoms with van der Waals surface area (Å²) in [5, 5.41) is 18.2. The molecular weight excluding hydrogens is 421 g/mol. The molecule has 0 bridgehead atoms. The standard InChI is InChI=1S/C24H17F3N2O3/c1-3-30-15-10-16(14-8-6-5-7-9-14)23(19(11-15)31-4-2)32-24-21(26)18(13-29)17(12-28)20(25)22(24)27/h5-11H,3-4H2,1-2H3. The van der Waals surface area contributed by atoms with Gasteiger partial charge in [0.05, 0.1) is 13.2 Å². The molecule has 5 nitrogen and oxygen atoms in total. The van der Waals surface area contributed by atoms with Crippen molar-refractivity contribution >= 4 is 0 Å². The second-order valence-corrected chi connectivity index (χ2v) is 6.38. The molecule has 0 saturated carbocycles. The van der Waals surface area contributed by atoms with E-state index in [-0.39, 0.29) is 18.1 Å². The van der Waals surface area contributed by atoms with Gasteiger partial charge in [-0.3, -0.25) is 0 Å². The van der Waals surface area contributed by atoms with Crippen LogP contribution in [0.5, 0.6) is 23.0 Å². The van der Waals surface area contributed by atoms with E-state index in [1.807, 2.05) is 0 Å². The van der Waals surface area contributed by atoms with Gasteiger partial charge in [-0.25, -0.2) is 8.78 Å². The monoisotopic (exact) mass is 438 g/mol. The molecule has 0 aliphatic rings. The smallest absolute Gasteiger partial charge is 0.205 e. The molecule has 3 aromatic rings. The van der Waals surface area contributed by atoms with Crippen LogP contribution in [-0.4, -0.2) is 13.2 Å². The highest BCUT2D eigenvalue weighted by Crippen LogP contribution is 2.46. The first-order valence-corrected chi connectivity index (χ1v) is 9.64. The summed E-state index contributed by atoms with van der Waals surface area (Å²) in [6.45, 7) is 4.04.